The van der Waals surface area contributed by atoms with Gasteiger partial charge in [-0.2, -0.15) is 0 Å². The van der Waals surface area contributed by atoms with Crippen molar-refractivity contribution in [1.29, 1.82) is 0 Å². The van der Waals surface area contributed by atoms with E-state index < -0.39 is 0 Å². The van der Waals surface area contributed by atoms with Crippen LogP contribution in [0.4, 0.5) is 0 Å². The van der Waals surface area contributed by atoms with Crippen LogP contribution in [0.1, 0.15) is 26.3 Å². The van der Waals surface area contributed by atoms with E-state index in [9.17, 15) is 0 Å². The quantitative estimate of drug-likeness (QED) is 0.171. The van der Waals surface area contributed by atoms with Gasteiger partial charge < -0.3 is 14.4 Å². The molecule has 0 unspecified atom stereocenters. The molecule has 0 saturated carbocycles. The molecule has 0 fully saturated rings. The first kappa shape index (κ1) is 29.1. The zero-order valence-electron chi connectivity index (χ0n) is 23.8. The van der Waals surface area contributed by atoms with Crippen LogP contribution in [-0.4, -0.2) is 9.97 Å². The van der Waals surface area contributed by atoms with Gasteiger partial charge in [0.15, 0.2) is 0 Å². The van der Waals surface area contributed by atoms with E-state index in [2.05, 4.69) is 85.3 Å². The Morgan fingerprint density at radius 1 is 0.667 bits per heavy atom. The average molecular weight is 723 g/mol. The van der Waals surface area contributed by atoms with Crippen LogP contribution in [0, 0.1) is 12.1 Å². The van der Waals surface area contributed by atoms with Gasteiger partial charge in [0.25, 0.3) is 0 Å². The maximum atomic E-state index is 6.20. The van der Waals surface area contributed by atoms with E-state index in [1.807, 2.05) is 72.8 Å². The second-order valence-electron chi connectivity index (χ2n) is 10.9. The maximum Gasteiger partial charge on any atom is 0.120 e. The van der Waals surface area contributed by atoms with Gasteiger partial charge in [0.1, 0.15) is 5.58 Å². The van der Waals surface area contributed by atoms with Crippen molar-refractivity contribution < 1.29 is 24.5 Å². The van der Waals surface area contributed by atoms with Crippen molar-refractivity contribution in [3.8, 4) is 33.6 Å². The molecule has 0 aliphatic carbocycles. The third-order valence-corrected chi connectivity index (χ3v) is 7.03. The van der Waals surface area contributed by atoms with Crippen molar-refractivity contribution >= 4 is 21.9 Å². The molecule has 7 aromatic rings. The second kappa shape index (κ2) is 12.6. The molecule has 0 N–H and O–H groups in total. The Bertz CT molecular complexity index is 1850. The van der Waals surface area contributed by atoms with Crippen molar-refractivity contribution in [1.82, 2.24) is 9.97 Å². The van der Waals surface area contributed by atoms with Crippen molar-refractivity contribution in [3.05, 3.63) is 145 Å². The number of hydrogen-bond acceptors (Lipinski definition) is 3. The van der Waals surface area contributed by atoms with E-state index in [0.29, 0.717) is 0 Å². The standard InChI is InChI=1S/C21H18NO.C17H12N.Ir/c1-21(2,3)16-12-11-14(17-9-6-7-13-22-17)20-19(16)15-8-4-5-10-18(15)23-20;1-2-7-14(8-3-1)15-9-6-10-16(13-15)17-11-4-5-12-18-17;/h4-10,12-13H,1-3H3;1-9,11-13H;/q2*-1;. The molecule has 0 saturated heterocycles. The molecule has 3 nitrogen and oxygen atoms in total. The molecule has 0 bridgehead atoms. The molecule has 0 amide bonds. The van der Waals surface area contributed by atoms with Crippen molar-refractivity contribution in [2.24, 2.45) is 0 Å². The Balaban J connectivity index is 0.000000169. The Morgan fingerprint density at radius 3 is 2.02 bits per heavy atom. The molecule has 4 aromatic carbocycles. The normalized spacial score (nSPS) is 11.0. The van der Waals surface area contributed by atoms with Crippen molar-refractivity contribution in [2.75, 3.05) is 0 Å². The number of nitrogens with zero attached hydrogens (tertiary/aromatic N) is 2. The fourth-order valence-electron chi connectivity index (χ4n) is 5.01. The minimum Gasteiger partial charge on any atom is -0.501 e. The van der Waals surface area contributed by atoms with Crippen molar-refractivity contribution in [2.45, 2.75) is 26.2 Å². The summed E-state index contributed by atoms with van der Waals surface area (Å²) in [5, 5.41) is 2.33. The van der Waals surface area contributed by atoms with Crippen LogP contribution in [0.2, 0.25) is 0 Å². The number of para-hydroxylation sites is 1. The Labute approximate surface area is 260 Å². The number of fused-ring (bicyclic) bond motifs is 3. The maximum absolute atomic E-state index is 6.20. The molecule has 0 aliphatic rings. The fraction of sp³-hybridized carbons (Fsp3) is 0.105. The molecule has 0 spiro atoms. The molecule has 4 heteroatoms. The zero-order valence-corrected chi connectivity index (χ0v) is 26.2. The van der Waals surface area contributed by atoms with E-state index >= 15 is 0 Å². The van der Waals surface area contributed by atoms with Gasteiger partial charge in [-0.15, -0.1) is 53.1 Å². The molecule has 0 aliphatic heterocycles. The summed E-state index contributed by atoms with van der Waals surface area (Å²) < 4.78 is 6.20. The summed E-state index contributed by atoms with van der Waals surface area (Å²) in [4.78, 5) is 8.82. The summed E-state index contributed by atoms with van der Waals surface area (Å²) in [5.74, 6) is 0. The van der Waals surface area contributed by atoms with Crippen LogP contribution in [0.15, 0.2) is 132 Å². The first-order valence-corrected chi connectivity index (χ1v) is 13.8. The summed E-state index contributed by atoms with van der Waals surface area (Å²) in [6.45, 7) is 6.66. The van der Waals surface area contributed by atoms with Crippen molar-refractivity contribution in [3.63, 3.8) is 0 Å². The molecule has 209 valence electrons. The van der Waals surface area contributed by atoms with Gasteiger partial charge in [0.05, 0.1) is 5.58 Å². The fourth-order valence-corrected chi connectivity index (χ4v) is 5.01. The van der Waals surface area contributed by atoms with Gasteiger partial charge in [-0.25, -0.2) is 0 Å². The van der Waals surface area contributed by atoms with E-state index in [0.717, 1.165) is 39.1 Å². The minimum atomic E-state index is 0. The summed E-state index contributed by atoms with van der Waals surface area (Å²) in [5.41, 5.74) is 9.23. The summed E-state index contributed by atoms with van der Waals surface area (Å²) >= 11 is 0. The number of hydrogen-bond donors (Lipinski definition) is 0. The molecular weight excluding hydrogens is 693 g/mol. The van der Waals surface area contributed by atoms with Gasteiger partial charge in [0, 0.05) is 37.9 Å². The van der Waals surface area contributed by atoms with Gasteiger partial charge in [0.2, 0.25) is 0 Å². The zero-order chi connectivity index (χ0) is 28.2. The van der Waals surface area contributed by atoms with Crippen LogP contribution in [0.5, 0.6) is 0 Å². The van der Waals surface area contributed by atoms with Crippen LogP contribution in [0.3, 0.4) is 0 Å². The molecule has 7 rings (SSSR count). The third-order valence-electron chi connectivity index (χ3n) is 7.03. The monoisotopic (exact) mass is 723 g/mol. The Kier molecular flexibility index (Phi) is 8.77. The smallest absolute Gasteiger partial charge is 0.120 e. The summed E-state index contributed by atoms with van der Waals surface area (Å²) in [6.07, 6.45) is 3.60. The summed E-state index contributed by atoms with van der Waals surface area (Å²) in [6, 6.07) is 45.2. The Morgan fingerprint density at radius 2 is 1.33 bits per heavy atom. The molecule has 3 heterocycles. The molecule has 42 heavy (non-hydrogen) atoms. The van der Waals surface area contributed by atoms with Crippen LogP contribution >= 0.6 is 0 Å². The van der Waals surface area contributed by atoms with E-state index in [1.54, 1.807) is 12.4 Å². The topological polar surface area (TPSA) is 38.9 Å². The molecule has 0 atom stereocenters. The van der Waals surface area contributed by atoms with E-state index in [4.69, 9.17) is 4.42 Å². The third kappa shape index (κ3) is 6.11. The van der Waals surface area contributed by atoms with Gasteiger partial charge in [-0.1, -0.05) is 105 Å². The van der Waals surface area contributed by atoms with Crippen LogP contribution < -0.4 is 0 Å². The first-order valence-electron chi connectivity index (χ1n) is 13.8. The average Bonchev–Trinajstić information content (AvgIpc) is 3.41. The van der Waals surface area contributed by atoms with E-state index in [1.165, 1.54) is 22.1 Å². The molecular formula is C38H30IrN2O-2. The van der Waals surface area contributed by atoms with Gasteiger partial charge >= 0.3 is 0 Å². The number of furan rings is 1. The Hall–Kier alpha value is -4.37. The van der Waals surface area contributed by atoms with Crippen LogP contribution in [-0.2, 0) is 25.5 Å². The minimum absolute atomic E-state index is 0. The van der Waals surface area contributed by atoms with Gasteiger partial charge in [-0.3, -0.25) is 0 Å². The number of pyridine rings is 2. The predicted octanol–water partition coefficient (Wildman–Crippen LogP) is 9.96. The SMILES string of the molecule is CC(C)(C)c1c[c-]c(-c2ccccn2)c2oc3ccccc3c12.[Ir].[c-]1ccc(-c2ccccc2)cc1-c1ccccn1. The summed E-state index contributed by atoms with van der Waals surface area (Å²) in [7, 11) is 0. The molecule has 1 radical (unpaired) electrons. The predicted molar refractivity (Wildman–Crippen MR) is 168 cm³/mol. The van der Waals surface area contributed by atoms with E-state index in [-0.39, 0.29) is 25.5 Å². The van der Waals surface area contributed by atoms with Gasteiger partial charge in [-0.05, 0) is 40.6 Å². The number of benzene rings is 4. The first-order chi connectivity index (χ1) is 20.0. The largest absolute Gasteiger partial charge is 0.501 e. The number of aromatic nitrogens is 2. The second-order valence-corrected chi connectivity index (χ2v) is 10.9. The number of rotatable bonds is 3. The molecule has 3 aromatic heterocycles. The van der Waals surface area contributed by atoms with Crippen LogP contribution in [0.25, 0.3) is 55.6 Å².